The van der Waals surface area contributed by atoms with Crippen LogP contribution in [0.4, 0.5) is 5.69 Å². The van der Waals surface area contributed by atoms with Crippen LogP contribution in [0.15, 0.2) is 30.3 Å². The maximum absolute atomic E-state index is 13.6. The molecule has 4 fully saturated rings. The van der Waals surface area contributed by atoms with E-state index in [4.69, 9.17) is 37.9 Å². The summed E-state index contributed by atoms with van der Waals surface area (Å²) in [6, 6.07) is 7.45. The van der Waals surface area contributed by atoms with Gasteiger partial charge in [0.15, 0.2) is 25.2 Å². The molecule has 4 amide bonds. The van der Waals surface area contributed by atoms with E-state index in [1.54, 1.807) is 30.3 Å². The van der Waals surface area contributed by atoms with E-state index < -0.39 is 173 Å². The number of anilines is 1. The predicted octanol–water partition coefficient (Wildman–Crippen LogP) is -8.01. The molecule has 0 spiro atoms. The Bertz CT molecular complexity index is 1880. The smallest absolute Gasteiger partial charge is 0.242 e. The Morgan fingerprint density at radius 1 is 0.541 bits per heavy atom. The third-order valence-electron chi connectivity index (χ3n) is 12.7. The number of hydrogen-bond donors (Lipinski definition) is 17. The maximum Gasteiger partial charge on any atom is 0.242 e. The Balaban J connectivity index is 1.19. The van der Waals surface area contributed by atoms with Gasteiger partial charge >= 0.3 is 0 Å². The topological polar surface area (TPSA) is 453 Å². The molecule has 4 aliphatic rings. The van der Waals surface area contributed by atoms with Crippen LogP contribution in [0.25, 0.3) is 0 Å². The SMILES string of the molecule is C[C@@H]1O[C@@H](OCCNC(=O)CC[C@H](NC(=O)CCCCC(=O)Nc2ccccc2)C(=O)NCCO[C@H]2O[C@H](CO[C@H]3O[C@H](CO)[C@@H](O)[C@H](O)[C@@H]3O)[C@@H](O)[C@H](O[C@H]3O[C@H](CO)[C@@H](O)[C@H](O)[C@@H]3O)[C@@H]2O)[C@@H](O)[C@H](O)[C@@H]1O. The third kappa shape index (κ3) is 16.9. The molecule has 29 nitrogen and oxygen atoms in total. The fourth-order valence-corrected chi connectivity index (χ4v) is 8.27. The van der Waals surface area contributed by atoms with Gasteiger partial charge in [-0.2, -0.15) is 0 Å². The number of carbonyl (C=O) groups is 4. The van der Waals surface area contributed by atoms with Gasteiger partial charge in [0, 0.05) is 38.0 Å². The molecule has 74 heavy (non-hydrogen) atoms. The van der Waals surface area contributed by atoms with Gasteiger partial charge in [0.25, 0.3) is 0 Å². The summed E-state index contributed by atoms with van der Waals surface area (Å²) in [5.41, 5.74) is 0.605. The molecule has 0 aliphatic carbocycles. The first kappa shape index (κ1) is 61.1. The highest BCUT2D eigenvalue weighted by molar-refractivity contribution is 5.91. The molecule has 0 radical (unpaired) electrons. The molecular formula is C45H72N4O25. The summed E-state index contributed by atoms with van der Waals surface area (Å²) in [7, 11) is 0. The molecule has 4 aliphatic heterocycles. The van der Waals surface area contributed by atoms with Crippen LogP contribution in [0.1, 0.15) is 45.4 Å². The predicted molar refractivity (Wildman–Crippen MR) is 244 cm³/mol. The summed E-state index contributed by atoms with van der Waals surface area (Å²) < 4.78 is 44.3. The molecule has 0 aromatic heterocycles. The van der Waals surface area contributed by atoms with Gasteiger partial charge in [-0.3, -0.25) is 19.2 Å². The Morgan fingerprint density at radius 3 is 1.66 bits per heavy atom. The molecule has 422 valence electrons. The van der Waals surface area contributed by atoms with E-state index in [1.165, 1.54) is 6.92 Å². The summed E-state index contributed by atoms with van der Waals surface area (Å²) >= 11 is 0. The molecule has 17 N–H and O–H groups in total. The molecule has 1 aromatic carbocycles. The first-order chi connectivity index (χ1) is 35.2. The minimum Gasteiger partial charge on any atom is -0.394 e. The minimum absolute atomic E-state index is 0.0924. The fraction of sp³-hybridized carbons (Fsp3) is 0.778. The summed E-state index contributed by atoms with van der Waals surface area (Å²) in [4.78, 5) is 52.0. The first-order valence-corrected chi connectivity index (χ1v) is 24.3. The highest BCUT2D eigenvalue weighted by atomic mass is 16.8. The van der Waals surface area contributed by atoms with Gasteiger partial charge in [-0.25, -0.2) is 0 Å². The van der Waals surface area contributed by atoms with Crippen LogP contribution in [0.5, 0.6) is 0 Å². The Hall–Kier alpha value is -3.74. The van der Waals surface area contributed by atoms with E-state index in [9.17, 15) is 85.6 Å². The zero-order valence-electron chi connectivity index (χ0n) is 40.4. The second kappa shape index (κ2) is 29.7. The van der Waals surface area contributed by atoms with Gasteiger partial charge in [0.2, 0.25) is 23.6 Å². The molecular weight excluding hydrogens is 996 g/mol. The van der Waals surface area contributed by atoms with Crippen molar-refractivity contribution in [2.75, 3.05) is 51.4 Å². The van der Waals surface area contributed by atoms with Gasteiger partial charge in [-0.1, -0.05) is 18.2 Å². The Labute approximate surface area is 424 Å². The van der Waals surface area contributed by atoms with Crippen molar-refractivity contribution in [2.24, 2.45) is 0 Å². The number of carbonyl (C=O) groups excluding carboxylic acids is 4. The van der Waals surface area contributed by atoms with Crippen LogP contribution in [0.2, 0.25) is 0 Å². The lowest BCUT2D eigenvalue weighted by molar-refractivity contribution is -0.366. The van der Waals surface area contributed by atoms with Crippen LogP contribution in [0, 0.1) is 0 Å². The Morgan fingerprint density at radius 2 is 1.05 bits per heavy atom. The van der Waals surface area contributed by atoms with Crippen LogP contribution in [-0.4, -0.2) is 265 Å². The van der Waals surface area contributed by atoms with Crippen molar-refractivity contribution in [1.29, 1.82) is 0 Å². The summed E-state index contributed by atoms with van der Waals surface area (Å²) in [6.45, 7) is -1.97. The number of aliphatic hydroxyl groups is 13. The quantitative estimate of drug-likeness (QED) is 0.0383. The molecule has 4 saturated heterocycles. The van der Waals surface area contributed by atoms with Crippen molar-refractivity contribution in [1.82, 2.24) is 16.0 Å². The van der Waals surface area contributed by atoms with Crippen LogP contribution < -0.4 is 21.3 Å². The number of rotatable bonds is 26. The molecule has 21 atom stereocenters. The summed E-state index contributed by atoms with van der Waals surface area (Å²) in [5, 5.41) is 145. The third-order valence-corrected chi connectivity index (χ3v) is 12.7. The maximum atomic E-state index is 13.6. The van der Waals surface area contributed by atoms with Crippen molar-refractivity contribution in [3.63, 3.8) is 0 Å². The number of para-hydroxylation sites is 1. The van der Waals surface area contributed by atoms with E-state index >= 15 is 0 Å². The number of hydrogen-bond acceptors (Lipinski definition) is 25. The summed E-state index contributed by atoms with van der Waals surface area (Å²) in [6.07, 6.45) is -33.1. The van der Waals surface area contributed by atoms with Crippen molar-refractivity contribution in [3.05, 3.63) is 30.3 Å². The molecule has 1 aromatic rings. The normalized spacial score (nSPS) is 36.8. The zero-order chi connectivity index (χ0) is 54.2. The molecule has 0 saturated carbocycles. The second-order valence-electron chi connectivity index (χ2n) is 18.2. The van der Waals surface area contributed by atoms with E-state index in [0.717, 1.165) is 0 Å². The second-order valence-corrected chi connectivity index (χ2v) is 18.2. The van der Waals surface area contributed by atoms with Gasteiger partial charge in [-0.05, 0) is 38.3 Å². The van der Waals surface area contributed by atoms with Gasteiger partial charge in [-0.15, -0.1) is 0 Å². The van der Waals surface area contributed by atoms with Crippen LogP contribution in [0.3, 0.4) is 0 Å². The fourth-order valence-electron chi connectivity index (χ4n) is 8.27. The van der Waals surface area contributed by atoms with Crippen LogP contribution >= 0.6 is 0 Å². The lowest BCUT2D eigenvalue weighted by Crippen LogP contribution is -2.65. The van der Waals surface area contributed by atoms with E-state index in [-0.39, 0.29) is 57.7 Å². The van der Waals surface area contributed by atoms with E-state index in [0.29, 0.717) is 12.1 Å². The van der Waals surface area contributed by atoms with Crippen molar-refractivity contribution in [2.45, 2.75) is 174 Å². The molecule has 0 bridgehead atoms. The number of ether oxygens (including phenoxy) is 8. The number of nitrogens with one attached hydrogen (secondary N) is 4. The average Bonchev–Trinajstić information content (AvgIpc) is 3.38. The largest absolute Gasteiger partial charge is 0.394 e. The highest BCUT2D eigenvalue weighted by Crippen LogP contribution is 2.31. The number of aliphatic hydroxyl groups excluding tert-OH is 13. The van der Waals surface area contributed by atoms with Gasteiger partial charge in [0.1, 0.15) is 97.6 Å². The van der Waals surface area contributed by atoms with Crippen LogP contribution in [-0.2, 0) is 57.1 Å². The lowest BCUT2D eigenvalue weighted by atomic mass is 9.96. The zero-order valence-corrected chi connectivity index (χ0v) is 40.4. The van der Waals surface area contributed by atoms with E-state index in [2.05, 4.69) is 21.3 Å². The monoisotopic (exact) mass is 1070 g/mol. The Kier molecular flexibility index (Phi) is 24.5. The molecule has 5 rings (SSSR count). The van der Waals surface area contributed by atoms with Gasteiger partial charge < -0.3 is 126 Å². The molecule has 0 unspecified atom stereocenters. The highest BCUT2D eigenvalue weighted by Gasteiger charge is 2.52. The minimum atomic E-state index is -1.99. The average molecular weight is 1070 g/mol. The van der Waals surface area contributed by atoms with E-state index in [1.807, 2.05) is 0 Å². The number of benzene rings is 1. The standard InChI is InChI=1S/C45H72N4O25/c1-20-29(55)33(59)36(62)42(70-20)67-15-13-46-26(52)12-11-22(49-28(54)10-6-5-9-27(53)48-21-7-3-2-4-8-21)41(66)47-14-16-68-44-39(65)40(74-45-38(64)35(61)31(57)24(18-51)72-45)32(58)25(73-44)19-69-43-37(63)34(60)30(56)23(17-50)71-43/h2-4,7-8,20,22-25,29-40,42-45,50-51,55-65H,5-6,9-19H2,1H3,(H,46,52)(H,47,66)(H,48,53)(H,49,54)/t20-,22-,23+,24+,25+,29+,30+,31+,32+,33+,34-,35-,36-,37-,38-,39-,40-,42+,43-,44-,45+/m0/s1. The van der Waals surface area contributed by atoms with Gasteiger partial charge in [0.05, 0.1) is 39.1 Å². The molecule has 4 heterocycles. The van der Waals surface area contributed by atoms with Crippen molar-refractivity contribution in [3.8, 4) is 0 Å². The summed E-state index contributed by atoms with van der Waals surface area (Å²) in [5.74, 6) is -2.20. The first-order valence-electron chi connectivity index (χ1n) is 24.3. The lowest BCUT2D eigenvalue weighted by Gasteiger charge is -2.46. The number of amides is 4. The molecule has 29 heteroatoms. The van der Waals surface area contributed by atoms with Crippen molar-refractivity contribution >= 4 is 29.3 Å². The van der Waals surface area contributed by atoms with Crippen molar-refractivity contribution < 1.29 is 123 Å². The number of unbranched alkanes of at least 4 members (excludes halogenated alkanes) is 1.